The van der Waals surface area contributed by atoms with Crippen molar-refractivity contribution in [2.45, 2.75) is 20.8 Å². The van der Waals surface area contributed by atoms with Crippen LogP contribution in [0, 0.1) is 20.8 Å². The van der Waals surface area contributed by atoms with Gasteiger partial charge in [0.15, 0.2) is 0 Å². The topological polar surface area (TPSA) is 18.1 Å². The van der Waals surface area contributed by atoms with Crippen LogP contribution in [0.4, 0.5) is 0 Å². The summed E-state index contributed by atoms with van der Waals surface area (Å²) < 4.78 is 8.45. The zero-order valence-electron chi connectivity index (χ0n) is 16.8. The number of nitrogens with zero attached hydrogens (tertiary/aromatic N) is 1. The minimum Gasteiger partial charge on any atom is -0.456 e. The molecule has 0 fully saturated rings. The Hall–Kier alpha value is -3.52. The Bertz CT molecular complexity index is 1520. The van der Waals surface area contributed by atoms with Gasteiger partial charge in [-0.1, -0.05) is 34.9 Å². The van der Waals surface area contributed by atoms with Crippen molar-refractivity contribution < 1.29 is 4.42 Å². The van der Waals surface area contributed by atoms with Crippen LogP contribution in [-0.2, 0) is 0 Å². The summed E-state index contributed by atoms with van der Waals surface area (Å²) in [5.41, 5.74) is 9.31. The van der Waals surface area contributed by atoms with Crippen LogP contribution in [0.3, 0.4) is 0 Å². The maximum atomic E-state index is 6.08. The fourth-order valence-electron chi connectivity index (χ4n) is 4.55. The van der Waals surface area contributed by atoms with Crippen LogP contribution in [0.15, 0.2) is 77.2 Å². The average molecular weight is 375 g/mol. The summed E-state index contributed by atoms with van der Waals surface area (Å²) in [6, 6.07) is 26.4. The maximum absolute atomic E-state index is 6.08. The first kappa shape index (κ1) is 16.4. The van der Waals surface area contributed by atoms with Gasteiger partial charge in [0.2, 0.25) is 0 Å². The van der Waals surface area contributed by atoms with Gasteiger partial charge in [-0.15, -0.1) is 0 Å². The predicted octanol–water partition coefficient (Wildman–Crippen LogP) is 7.61. The monoisotopic (exact) mass is 375 g/mol. The van der Waals surface area contributed by atoms with E-state index in [2.05, 4.69) is 98.1 Å². The highest BCUT2D eigenvalue weighted by molar-refractivity contribution is 6.11. The SMILES string of the molecule is Cc1ccc2oc3ccc(-n4c5ccc(C)cc5c5cc(C)ccc54)cc3c2c1. The molecule has 0 N–H and O–H groups in total. The van der Waals surface area contributed by atoms with Crippen molar-refractivity contribution in [1.29, 1.82) is 0 Å². The quantitative estimate of drug-likeness (QED) is 0.289. The van der Waals surface area contributed by atoms with Gasteiger partial charge in [-0.2, -0.15) is 0 Å². The molecule has 140 valence electrons. The lowest BCUT2D eigenvalue weighted by atomic mass is 10.1. The number of furan rings is 1. The van der Waals surface area contributed by atoms with Crippen molar-refractivity contribution >= 4 is 43.7 Å². The smallest absolute Gasteiger partial charge is 0.135 e. The lowest BCUT2D eigenvalue weighted by Gasteiger charge is -2.08. The molecule has 6 rings (SSSR count). The summed E-state index contributed by atoms with van der Waals surface area (Å²) in [5, 5.41) is 4.94. The molecule has 0 spiro atoms. The Balaban J connectivity index is 1.74. The molecule has 2 nitrogen and oxygen atoms in total. The van der Waals surface area contributed by atoms with E-state index < -0.39 is 0 Å². The molecule has 2 aromatic heterocycles. The second-order valence-electron chi connectivity index (χ2n) is 8.16. The molecule has 0 bridgehead atoms. The van der Waals surface area contributed by atoms with Crippen LogP contribution < -0.4 is 0 Å². The molecule has 2 heterocycles. The first-order valence-electron chi connectivity index (χ1n) is 10.0. The molecular formula is C27H21NO. The van der Waals surface area contributed by atoms with Crippen molar-refractivity contribution in [3.8, 4) is 5.69 Å². The van der Waals surface area contributed by atoms with Crippen LogP contribution in [0.2, 0.25) is 0 Å². The molecule has 0 aliphatic heterocycles. The molecule has 29 heavy (non-hydrogen) atoms. The number of benzene rings is 4. The lowest BCUT2D eigenvalue weighted by molar-refractivity contribution is 0.669. The number of fused-ring (bicyclic) bond motifs is 6. The van der Waals surface area contributed by atoms with Crippen LogP contribution in [0.25, 0.3) is 49.4 Å². The number of hydrogen-bond acceptors (Lipinski definition) is 1. The Morgan fingerprint density at radius 2 is 1.00 bits per heavy atom. The third-order valence-corrected chi connectivity index (χ3v) is 5.94. The molecule has 0 amide bonds. The van der Waals surface area contributed by atoms with Gasteiger partial charge in [0.1, 0.15) is 11.2 Å². The minimum absolute atomic E-state index is 0.932. The zero-order chi connectivity index (χ0) is 19.7. The van der Waals surface area contributed by atoms with Gasteiger partial charge in [-0.25, -0.2) is 0 Å². The third-order valence-electron chi connectivity index (χ3n) is 5.94. The van der Waals surface area contributed by atoms with E-state index in [1.54, 1.807) is 0 Å². The van der Waals surface area contributed by atoms with Gasteiger partial charge in [-0.05, 0) is 75.4 Å². The molecule has 0 unspecified atom stereocenters. The van der Waals surface area contributed by atoms with E-state index in [-0.39, 0.29) is 0 Å². The van der Waals surface area contributed by atoms with Crippen LogP contribution >= 0.6 is 0 Å². The Kier molecular flexibility index (Phi) is 3.25. The highest BCUT2D eigenvalue weighted by Gasteiger charge is 2.14. The largest absolute Gasteiger partial charge is 0.456 e. The highest BCUT2D eigenvalue weighted by atomic mass is 16.3. The number of rotatable bonds is 1. The van der Waals surface area contributed by atoms with Crippen molar-refractivity contribution in [2.24, 2.45) is 0 Å². The normalized spacial score (nSPS) is 12.0. The predicted molar refractivity (Wildman–Crippen MR) is 122 cm³/mol. The van der Waals surface area contributed by atoms with E-state index in [0.29, 0.717) is 0 Å². The summed E-state index contributed by atoms with van der Waals surface area (Å²) >= 11 is 0. The summed E-state index contributed by atoms with van der Waals surface area (Å²) in [5.74, 6) is 0. The molecule has 0 aliphatic rings. The molecule has 0 saturated carbocycles. The van der Waals surface area contributed by atoms with Crippen molar-refractivity contribution in [3.05, 3.63) is 89.5 Å². The summed E-state index contributed by atoms with van der Waals surface area (Å²) in [4.78, 5) is 0. The van der Waals surface area contributed by atoms with Crippen molar-refractivity contribution in [3.63, 3.8) is 0 Å². The van der Waals surface area contributed by atoms with Crippen LogP contribution in [0.5, 0.6) is 0 Å². The fourth-order valence-corrected chi connectivity index (χ4v) is 4.55. The molecule has 0 atom stereocenters. The van der Waals surface area contributed by atoms with Gasteiger partial charge in [0.25, 0.3) is 0 Å². The molecular weight excluding hydrogens is 354 g/mol. The lowest BCUT2D eigenvalue weighted by Crippen LogP contribution is -1.93. The van der Waals surface area contributed by atoms with Gasteiger partial charge < -0.3 is 8.98 Å². The van der Waals surface area contributed by atoms with Crippen molar-refractivity contribution in [2.75, 3.05) is 0 Å². The van der Waals surface area contributed by atoms with Gasteiger partial charge in [0, 0.05) is 27.2 Å². The number of aryl methyl sites for hydroxylation is 3. The molecule has 0 saturated heterocycles. The van der Waals surface area contributed by atoms with Crippen LogP contribution in [0.1, 0.15) is 16.7 Å². The van der Waals surface area contributed by atoms with E-state index in [0.717, 1.165) is 22.2 Å². The summed E-state index contributed by atoms with van der Waals surface area (Å²) in [7, 11) is 0. The summed E-state index contributed by atoms with van der Waals surface area (Å²) in [6.07, 6.45) is 0. The van der Waals surface area contributed by atoms with Crippen LogP contribution in [-0.4, -0.2) is 4.57 Å². The van der Waals surface area contributed by atoms with Gasteiger partial charge in [0.05, 0.1) is 11.0 Å². The number of aromatic nitrogens is 1. The van der Waals surface area contributed by atoms with E-state index in [9.17, 15) is 0 Å². The Morgan fingerprint density at radius 3 is 1.62 bits per heavy atom. The standard InChI is InChI=1S/C27H21NO/c1-16-4-8-24-20(12-16)21-13-17(2)5-9-25(21)28(24)19-7-11-27-23(15-19)22-14-18(3)6-10-26(22)29-27/h4-15H,1-3H3. The molecule has 2 heteroatoms. The molecule has 6 aromatic rings. The second-order valence-corrected chi connectivity index (χ2v) is 8.16. The maximum Gasteiger partial charge on any atom is 0.135 e. The zero-order valence-corrected chi connectivity index (χ0v) is 16.8. The third kappa shape index (κ3) is 2.35. The van der Waals surface area contributed by atoms with E-state index in [4.69, 9.17) is 4.42 Å². The average Bonchev–Trinajstić information content (AvgIpc) is 3.22. The summed E-state index contributed by atoms with van der Waals surface area (Å²) in [6.45, 7) is 6.44. The minimum atomic E-state index is 0.932. The second kappa shape index (κ2) is 5.74. The molecule has 0 radical (unpaired) electrons. The van der Waals surface area contributed by atoms with Gasteiger partial charge >= 0.3 is 0 Å². The van der Waals surface area contributed by atoms with Crippen molar-refractivity contribution in [1.82, 2.24) is 4.57 Å². The number of hydrogen-bond donors (Lipinski definition) is 0. The van der Waals surface area contributed by atoms with E-state index in [1.165, 1.54) is 43.9 Å². The molecule has 0 aliphatic carbocycles. The first-order chi connectivity index (χ1) is 14.1. The molecule has 4 aromatic carbocycles. The Morgan fingerprint density at radius 1 is 0.517 bits per heavy atom. The first-order valence-corrected chi connectivity index (χ1v) is 10.0. The van der Waals surface area contributed by atoms with E-state index in [1.807, 2.05) is 0 Å². The highest BCUT2D eigenvalue weighted by Crippen LogP contribution is 2.36. The van der Waals surface area contributed by atoms with Gasteiger partial charge in [-0.3, -0.25) is 0 Å². The Labute approximate surface area is 169 Å². The van der Waals surface area contributed by atoms with E-state index >= 15 is 0 Å². The fraction of sp³-hybridized carbons (Fsp3) is 0.111.